The van der Waals surface area contributed by atoms with Gasteiger partial charge in [-0.25, -0.2) is 4.39 Å². The molecule has 0 aliphatic rings. The van der Waals surface area contributed by atoms with Crippen molar-refractivity contribution >= 4 is 43.5 Å². The van der Waals surface area contributed by atoms with Gasteiger partial charge >= 0.3 is 0 Å². The number of amides is 1. The lowest BCUT2D eigenvalue weighted by Crippen LogP contribution is -2.28. The van der Waals surface area contributed by atoms with Gasteiger partial charge in [-0.1, -0.05) is 6.07 Å². The van der Waals surface area contributed by atoms with Crippen molar-refractivity contribution in [1.82, 2.24) is 4.98 Å². The van der Waals surface area contributed by atoms with E-state index in [1.54, 1.807) is 24.4 Å². The van der Waals surface area contributed by atoms with Gasteiger partial charge in [-0.05, 0) is 56.1 Å². The van der Waals surface area contributed by atoms with E-state index in [9.17, 15) is 9.18 Å². The van der Waals surface area contributed by atoms with E-state index in [2.05, 4.69) is 42.2 Å². The lowest BCUT2D eigenvalue weighted by molar-refractivity contribution is -0.118. The quantitative estimate of drug-likeness (QED) is 0.823. The minimum atomic E-state index is -0.862. The van der Waals surface area contributed by atoms with Crippen molar-refractivity contribution in [3.63, 3.8) is 0 Å². The van der Waals surface area contributed by atoms with E-state index in [1.165, 1.54) is 12.1 Å². The third kappa shape index (κ3) is 3.55. The molecule has 7 heteroatoms. The summed E-state index contributed by atoms with van der Waals surface area (Å²) in [6.45, 7) is 0. The predicted molar refractivity (Wildman–Crippen MR) is 81.6 cm³/mol. The first-order chi connectivity index (χ1) is 9.47. The van der Waals surface area contributed by atoms with E-state index in [-0.39, 0.29) is 0 Å². The number of nitrogens with two attached hydrogens (primary N) is 1. The monoisotopic (exact) mass is 401 g/mol. The molecule has 0 aliphatic heterocycles. The number of carbonyl (C=O) groups is 1. The summed E-state index contributed by atoms with van der Waals surface area (Å²) in [5.41, 5.74) is 6.28. The number of nitrogens with one attached hydrogen (secondary N) is 1. The van der Waals surface area contributed by atoms with Gasteiger partial charge in [-0.2, -0.15) is 0 Å². The van der Waals surface area contributed by atoms with Crippen LogP contribution >= 0.6 is 31.9 Å². The molecular formula is C13H10Br2FN3O. The molecule has 0 spiro atoms. The molecule has 0 aliphatic carbocycles. The maximum atomic E-state index is 13.2. The molecule has 0 saturated heterocycles. The number of hydrogen-bond acceptors (Lipinski definition) is 3. The number of primary amides is 1. The summed E-state index contributed by atoms with van der Waals surface area (Å²) in [5, 5.41) is 2.87. The molecule has 0 radical (unpaired) electrons. The van der Waals surface area contributed by atoms with Crippen LogP contribution in [0.4, 0.5) is 10.1 Å². The lowest BCUT2D eigenvalue weighted by atomic mass is 10.1. The first-order valence-corrected chi connectivity index (χ1v) is 7.18. The molecule has 0 saturated carbocycles. The Kier molecular flexibility index (Phi) is 4.72. The fraction of sp³-hybridized carbons (Fsp3) is 0.0769. The molecule has 1 heterocycles. The summed E-state index contributed by atoms with van der Waals surface area (Å²) in [5.74, 6) is -1.01. The molecule has 20 heavy (non-hydrogen) atoms. The highest BCUT2D eigenvalue weighted by atomic mass is 79.9. The number of rotatable bonds is 4. The molecule has 104 valence electrons. The average Bonchev–Trinajstić information content (AvgIpc) is 2.36. The van der Waals surface area contributed by atoms with Gasteiger partial charge in [0.05, 0.1) is 5.69 Å². The van der Waals surface area contributed by atoms with Crippen molar-refractivity contribution in [2.75, 3.05) is 5.32 Å². The van der Waals surface area contributed by atoms with Gasteiger partial charge in [0.2, 0.25) is 5.91 Å². The van der Waals surface area contributed by atoms with Crippen molar-refractivity contribution < 1.29 is 9.18 Å². The maximum Gasteiger partial charge on any atom is 0.246 e. The zero-order valence-corrected chi connectivity index (χ0v) is 13.3. The summed E-state index contributed by atoms with van der Waals surface area (Å²) < 4.78 is 14.6. The van der Waals surface area contributed by atoms with Crippen LogP contribution in [0.3, 0.4) is 0 Å². The zero-order valence-electron chi connectivity index (χ0n) is 10.1. The highest BCUT2D eigenvalue weighted by molar-refractivity contribution is 9.11. The molecule has 1 atom stereocenters. The van der Waals surface area contributed by atoms with Crippen LogP contribution in [0.5, 0.6) is 0 Å². The number of nitrogens with zero attached hydrogens (tertiary/aromatic N) is 1. The van der Waals surface area contributed by atoms with Crippen molar-refractivity contribution in [3.8, 4) is 0 Å². The van der Waals surface area contributed by atoms with E-state index in [4.69, 9.17) is 5.73 Å². The van der Waals surface area contributed by atoms with Gasteiger partial charge in [0.15, 0.2) is 0 Å². The van der Waals surface area contributed by atoms with E-state index < -0.39 is 17.8 Å². The normalized spacial score (nSPS) is 11.9. The Morgan fingerprint density at radius 2 is 2.10 bits per heavy atom. The highest BCUT2D eigenvalue weighted by Crippen LogP contribution is 2.27. The topological polar surface area (TPSA) is 68.0 Å². The van der Waals surface area contributed by atoms with E-state index in [0.29, 0.717) is 15.9 Å². The number of hydrogen-bond donors (Lipinski definition) is 2. The van der Waals surface area contributed by atoms with Crippen LogP contribution in [0.2, 0.25) is 0 Å². The van der Waals surface area contributed by atoms with Crippen molar-refractivity contribution in [1.29, 1.82) is 0 Å². The van der Waals surface area contributed by atoms with Crippen LogP contribution in [0.15, 0.2) is 45.5 Å². The molecule has 2 aromatic rings. The molecule has 0 bridgehead atoms. The third-order valence-electron chi connectivity index (χ3n) is 2.53. The molecular weight excluding hydrogens is 393 g/mol. The lowest BCUT2D eigenvalue weighted by Gasteiger charge is -2.17. The highest BCUT2D eigenvalue weighted by Gasteiger charge is 2.22. The van der Waals surface area contributed by atoms with E-state index in [1.807, 2.05) is 0 Å². The summed E-state index contributed by atoms with van der Waals surface area (Å²) in [6.07, 6.45) is 1.56. The predicted octanol–water partition coefficient (Wildman–Crippen LogP) is 3.38. The number of carbonyl (C=O) groups excluding carboxylic acids is 1. The number of aromatic nitrogens is 1. The van der Waals surface area contributed by atoms with Crippen LogP contribution in [-0.4, -0.2) is 10.9 Å². The number of halogens is 3. The second-order valence-electron chi connectivity index (χ2n) is 4.01. The van der Waals surface area contributed by atoms with Crippen LogP contribution in [0.1, 0.15) is 11.7 Å². The largest absolute Gasteiger partial charge is 0.369 e. The number of benzene rings is 1. The number of pyridine rings is 1. The van der Waals surface area contributed by atoms with Crippen LogP contribution in [0.25, 0.3) is 0 Å². The molecule has 4 nitrogen and oxygen atoms in total. The Balaban J connectivity index is 2.34. The standard InChI is InChI=1S/C13H10Br2FN3O/c14-7-4-10(15)11(18-6-7)12(13(17)20)19-9-3-1-2-8(16)5-9/h1-6,12,19H,(H2,17,20). The Bertz CT molecular complexity index is 651. The van der Waals surface area contributed by atoms with Crippen molar-refractivity contribution in [2.24, 2.45) is 5.73 Å². The molecule has 0 fully saturated rings. The average molecular weight is 403 g/mol. The van der Waals surface area contributed by atoms with Gasteiger partial charge in [-0.15, -0.1) is 0 Å². The summed E-state index contributed by atoms with van der Waals surface area (Å²) in [7, 11) is 0. The van der Waals surface area contributed by atoms with Crippen molar-refractivity contribution in [3.05, 3.63) is 57.0 Å². The first kappa shape index (κ1) is 14.9. The number of anilines is 1. The molecule has 1 unspecified atom stereocenters. The molecule has 1 aromatic heterocycles. The minimum absolute atomic E-state index is 0.402. The van der Waals surface area contributed by atoms with Gasteiger partial charge in [-0.3, -0.25) is 9.78 Å². The Hall–Kier alpha value is -1.47. The second kappa shape index (κ2) is 6.32. The summed E-state index contributed by atoms with van der Waals surface area (Å²) in [4.78, 5) is 15.8. The summed E-state index contributed by atoms with van der Waals surface area (Å²) >= 11 is 6.61. The van der Waals surface area contributed by atoms with Gasteiger partial charge in [0, 0.05) is 20.8 Å². The minimum Gasteiger partial charge on any atom is -0.369 e. The smallest absolute Gasteiger partial charge is 0.246 e. The zero-order chi connectivity index (χ0) is 14.7. The van der Waals surface area contributed by atoms with Crippen LogP contribution in [0, 0.1) is 5.82 Å². The third-order valence-corrected chi connectivity index (χ3v) is 3.60. The first-order valence-electron chi connectivity index (χ1n) is 5.59. The van der Waals surface area contributed by atoms with Crippen molar-refractivity contribution in [2.45, 2.75) is 6.04 Å². The molecule has 3 N–H and O–H groups in total. The molecule has 1 amide bonds. The van der Waals surface area contributed by atoms with Crippen LogP contribution in [-0.2, 0) is 4.79 Å². The Morgan fingerprint density at radius 3 is 2.70 bits per heavy atom. The van der Waals surface area contributed by atoms with E-state index in [0.717, 1.165) is 4.47 Å². The van der Waals surface area contributed by atoms with Gasteiger partial charge in [0.25, 0.3) is 0 Å². The second-order valence-corrected chi connectivity index (χ2v) is 5.78. The van der Waals surface area contributed by atoms with E-state index >= 15 is 0 Å². The Labute approximate surface area is 131 Å². The maximum absolute atomic E-state index is 13.2. The fourth-order valence-electron chi connectivity index (χ4n) is 1.66. The van der Waals surface area contributed by atoms with Gasteiger partial charge < -0.3 is 11.1 Å². The summed E-state index contributed by atoms with van der Waals surface area (Å²) in [6, 6.07) is 6.68. The molecule has 2 rings (SSSR count). The molecule has 1 aromatic carbocycles. The fourth-order valence-corrected chi connectivity index (χ4v) is 2.87. The Morgan fingerprint density at radius 1 is 1.35 bits per heavy atom. The van der Waals surface area contributed by atoms with Crippen LogP contribution < -0.4 is 11.1 Å². The SMILES string of the molecule is NC(=O)C(Nc1cccc(F)c1)c1ncc(Br)cc1Br. The van der Waals surface area contributed by atoms with Gasteiger partial charge in [0.1, 0.15) is 11.9 Å².